The summed E-state index contributed by atoms with van der Waals surface area (Å²) in [6, 6.07) is 21.9. The summed E-state index contributed by atoms with van der Waals surface area (Å²) in [6.45, 7) is 0.406. The third-order valence-electron chi connectivity index (χ3n) is 5.28. The van der Waals surface area contributed by atoms with E-state index in [1.165, 1.54) is 13.3 Å². The first-order valence-electron chi connectivity index (χ1n) is 10.2. The highest BCUT2D eigenvalue weighted by atomic mass is 16.5. The number of hydrogen-bond donors (Lipinski definition) is 0. The van der Waals surface area contributed by atoms with Crippen molar-refractivity contribution >= 4 is 17.0 Å². The van der Waals surface area contributed by atoms with Crippen LogP contribution in [0.5, 0.6) is 0 Å². The van der Waals surface area contributed by atoms with Gasteiger partial charge >= 0.3 is 5.97 Å². The largest absolute Gasteiger partial charge is 0.465 e. The molecule has 0 N–H and O–H groups in total. The molecule has 0 fully saturated rings. The van der Waals surface area contributed by atoms with Crippen molar-refractivity contribution in [2.24, 2.45) is 0 Å². The van der Waals surface area contributed by atoms with Crippen molar-refractivity contribution in [1.82, 2.24) is 19.7 Å². The number of carbonyl (C=O) groups excluding carboxylic acids is 1. The molecule has 8 nitrogen and oxygen atoms in total. The summed E-state index contributed by atoms with van der Waals surface area (Å²) in [4.78, 5) is 28.6. The third kappa shape index (κ3) is 3.89. The van der Waals surface area contributed by atoms with E-state index in [0.29, 0.717) is 23.6 Å². The van der Waals surface area contributed by atoms with Gasteiger partial charge in [-0.3, -0.25) is 4.79 Å². The number of nitrogens with zero attached hydrogens (tertiary/aromatic N) is 4. The molecule has 0 aliphatic rings. The van der Waals surface area contributed by atoms with Gasteiger partial charge in [-0.2, -0.15) is 0 Å². The van der Waals surface area contributed by atoms with Crippen LogP contribution in [0.1, 0.15) is 15.9 Å². The topological polar surface area (TPSA) is 100 Å². The summed E-state index contributed by atoms with van der Waals surface area (Å²) in [6.07, 6.45) is 1.34. The standard InChI is InChI=1S/C25H18N4O4/c1-32-25(31)19-7-3-2-6-18(19)24-28-27-23(33-24)17-12-10-16(11-13-17)15-29-21-9-5-4-8-20(21)26-14-22(29)30/h2-14H,15H2,1H3. The second-order valence-corrected chi connectivity index (χ2v) is 7.32. The summed E-state index contributed by atoms with van der Waals surface area (Å²) >= 11 is 0. The van der Waals surface area contributed by atoms with Gasteiger partial charge in [0.05, 0.1) is 42.0 Å². The highest BCUT2D eigenvalue weighted by Crippen LogP contribution is 2.27. The second kappa shape index (κ2) is 8.51. The molecule has 5 rings (SSSR count). The molecule has 2 heterocycles. The first kappa shape index (κ1) is 20.3. The van der Waals surface area contributed by atoms with Crippen molar-refractivity contribution in [3.05, 3.63) is 100 Å². The Morgan fingerprint density at radius 3 is 2.48 bits per heavy atom. The molecule has 8 heteroatoms. The van der Waals surface area contributed by atoms with E-state index in [1.54, 1.807) is 28.8 Å². The smallest absolute Gasteiger partial charge is 0.338 e. The number of fused-ring (bicyclic) bond motifs is 1. The van der Waals surface area contributed by atoms with Crippen LogP contribution in [0.25, 0.3) is 33.9 Å². The molecule has 0 unspecified atom stereocenters. The van der Waals surface area contributed by atoms with Crippen molar-refractivity contribution in [3.63, 3.8) is 0 Å². The van der Waals surface area contributed by atoms with E-state index in [1.807, 2.05) is 48.5 Å². The molecule has 33 heavy (non-hydrogen) atoms. The molecule has 0 spiro atoms. The molecular weight excluding hydrogens is 420 g/mol. The molecule has 0 atom stereocenters. The number of methoxy groups -OCH3 is 1. The van der Waals surface area contributed by atoms with Crippen molar-refractivity contribution < 1.29 is 13.9 Å². The Balaban J connectivity index is 1.42. The van der Waals surface area contributed by atoms with Gasteiger partial charge in [-0.1, -0.05) is 36.4 Å². The summed E-state index contributed by atoms with van der Waals surface area (Å²) in [5, 5.41) is 8.22. The first-order chi connectivity index (χ1) is 16.1. The molecule has 2 aromatic heterocycles. The van der Waals surface area contributed by atoms with Crippen LogP contribution in [0, 0.1) is 0 Å². The van der Waals surface area contributed by atoms with Crippen LogP contribution >= 0.6 is 0 Å². The molecule has 0 radical (unpaired) electrons. The number of hydrogen-bond acceptors (Lipinski definition) is 7. The van der Waals surface area contributed by atoms with Crippen LogP contribution in [0.2, 0.25) is 0 Å². The van der Waals surface area contributed by atoms with Crippen LogP contribution < -0.4 is 5.56 Å². The average molecular weight is 438 g/mol. The normalized spacial score (nSPS) is 10.9. The number of benzene rings is 3. The summed E-state index contributed by atoms with van der Waals surface area (Å²) in [5.41, 5.74) is 3.89. The second-order valence-electron chi connectivity index (χ2n) is 7.32. The van der Waals surface area contributed by atoms with Crippen LogP contribution in [0.3, 0.4) is 0 Å². The minimum Gasteiger partial charge on any atom is -0.465 e. The van der Waals surface area contributed by atoms with E-state index in [-0.39, 0.29) is 11.4 Å². The third-order valence-corrected chi connectivity index (χ3v) is 5.28. The molecule has 162 valence electrons. The van der Waals surface area contributed by atoms with E-state index < -0.39 is 5.97 Å². The van der Waals surface area contributed by atoms with Crippen LogP contribution in [0.4, 0.5) is 0 Å². The Hall–Kier alpha value is -4.59. The molecule has 5 aromatic rings. The molecule has 0 aliphatic heterocycles. The fraction of sp³-hybridized carbons (Fsp3) is 0.0800. The number of rotatable bonds is 5. The van der Waals surface area contributed by atoms with E-state index in [4.69, 9.17) is 9.15 Å². The van der Waals surface area contributed by atoms with Crippen molar-refractivity contribution in [2.75, 3.05) is 7.11 Å². The molecule has 0 amide bonds. The number of carbonyl (C=O) groups is 1. The maximum atomic E-state index is 12.4. The summed E-state index contributed by atoms with van der Waals surface area (Å²) in [5.74, 6) is 0.0706. The van der Waals surface area contributed by atoms with Crippen LogP contribution in [-0.2, 0) is 11.3 Å². The van der Waals surface area contributed by atoms with Crippen molar-refractivity contribution in [2.45, 2.75) is 6.54 Å². The van der Waals surface area contributed by atoms with Crippen molar-refractivity contribution in [1.29, 1.82) is 0 Å². The Bertz CT molecular complexity index is 1520. The predicted octanol–water partition coefficient (Wildman–Crippen LogP) is 3.95. The fourth-order valence-electron chi connectivity index (χ4n) is 3.62. The van der Waals surface area contributed by atoms with Crippen LogP contribution in [0.15, 0.2) is 88.2 Å². The van der Waals surface area contributed by atoms with Crippen LogP contribution in [-0.4, -0.2) is 32.8 Å². The zero-order valence-corrected chi connectivity index (χ0v) is 17.6. The van der Waals surface area contributed by atoms with Gasteiger partial charge in [0.1, 0.15) is 0 Å². The lowest BCUT2D eigenvalue weighted by Crippen LogP contribution is -2.21. The Labute approximate surface area is 188 Å². The fourth-order valence-corrected chi connectivity index (χ4v) is 3.62. The first-order valence-corrected chi connectivity index (χ1v) is 10.2. The highest BCUT2D eigenvalue weighted by Gasteiger charge is 2.18. The van der Waals surface area contributed by atoms with E-state index >= 15 is 0 Å². The molecule has 0 saturated heterocycles. The maximum Gasteiger partial charge on any atom is 0.338 e. The quantitative estimate of drug-likeness (QED) is 0.383. The van der Waals surface area contributed by atoms with Gasteiger partial charge in [0.15, 0.2) is 0 Å². The van der Waals surface area contributed by atoms with Gasteiger partial charge in [0, 0.05) is 5.56 Å². The SMILES string of the molecule is COC(=O)c1ccccc1-c1nnc(-c2ccc(Cn3c(=O)cnc4ccccc43)cc2)o1. The predicted molar refractivity (Wildman–Crippen MR) is 122 cm³/mol. The average Bonchev–Trinajstić information content (AvgIpc) is 3.36. The van der Waals surface area contributed by atoms with Gasteiger partial charge in [-0.05, 0) is 42.0 Å². The highest BCUT2D eigenvalue weighted by molar-refractivity contribution is 5.96. The van der Waals surface area contributed by atoms with Gasteiger partial charge in [-0.25, -0.2) is 9.78 Å². The summed E-state index contributed by atoms with van der Waals surface area (Å²) < 4.78 is 12.3. The number of para-hydroxylation sites is 2. The Morgan fingerprint density at radius 1 is 0.939 bits per heavy atom. The Kier molecular flexibility index (Phi) is 5.24. The van der Waals surface area contributed by atoms with E-state index in [0.717, 1.165) is 22.2 Å². The lowest BCUT2D eigenvalue weighted by molar-refractivity contribution is 0.0601. The lowest BCUT2D eigenvalue weighted by Gasteiger charge is -2.09. The number of ether oxygens (including phenoxy) is 1. The van der Waals surface area contributed by atoms with E-state index in [2.05, 4.69) is 15.2 Å². The van der Waals surface area contributed by atoms with Gasteiger partial charge in [-0.15, -0.1) is 10.2 Å². The molecular formula is C25H18N4O4. The lowest BCUT2D eigenvalue weighted by atomic mass is 10.1. The minimum atomic E-state index is -0.478. The molecule has 0 saturated carbocycles. The number of aromatic nitrogens is 4. The minimum absolute atomic E-state index is 0.163. The summed E-state index contributed by atoms with van der Waals surface area (Å²) in [7, 11) is 1.32. The van der Waals surface area contributed by atoms with Gasteiger partial charge in [0.2, 0.25) is 11.8 Å². The van der Waals surface area contributed by atoms with Gasteiger partial charge in [0.25, 0.3) is 5.56 Å². The maximum absolute atomic E-state index is 12.4. The molecule has 0 bridgehead atoms. The van der Waals surface area contributed by atoms with Gasteiger partial charge < -0.3 is 13.7 Å². The van der Waals surface area contributed by atoms with Crippen molar-refractivity contribution in [3.8, 4) is 22.9 Å². The zero-order valence-electron chi connectivity index (χ0n) is 17.6. The Morgan fingerprint density at radius 2 is 1.67 bits per heavy atom. The monoisotopic (exact) mass is 438 g/mol. The molecule has 0 aliphatic carbocycles. The van der Waals surface area contributed by atoms with E-state index in [9.17, 15) is 9.59 Å². The molecule has 3 aromatic carbocycles. The zero-order chi connectivity index (χ0) is 22.8. The number of esters is 1.